The van der Waals surface area contributed by atoms with Crippen molar-refractivity contribution in [2.75, 3.05) is 44.5 Å². The number of ether oxygens (including phenoxy) is 2. The monoisotopic (exact) mass is 517 g/mol. The minimum absolute atomic E-state index is 0.0497. The molecule has 5 rings (SSSR count). The van der Waals surface area contributed by atoms with Crippen LogP contribution in [-0.4, -0.2) is 65.7 Å². The van der Waals surface area contributed by atoms with Gasteiger partial charge in [-0.2, -0.15) is 10.2 Å². The van der Waals surface area contributed by atoms with Gasteiger partial charge in [-0.3, -0.25) is 4.79 Å². The zero-order valence-corrected chi connectivity index (χ0v) is 21.4. The molecule has 2 aromatic heterocycles. The summed E-state index contributed by atoms with van der Waals surface area (Å²) in [6, 6.07) is 10.6. The highest BCUT2D eigenvalue weighted by molar-refractivity contribution is 5.98. The lowest BCUT2D eigenvalue weighted by molar-refractivity contribution is 0.0713. The van der Waals surface area contributed by atoms with E-state index in [-0.39, 0.29) is 34.8 Å². The number of carbonyl (C=O) groups excluding carboxylic acids is 1. The maximum Gasteiger partial charge on any atom is 0.270 e. The van der Waals surface area contributed by atoms with Gasteiger partial charge in [0.1, 0.15) is 17.0 Å². The summed E-state index contributed by atoms with van der Waals surface area (Å²) in [5.74, 6) is -0.199. The second-order valence-electron chi connectivity index (χ2n) is 9.21. The fourth-order valence-corrected chi connectivity index (χ4v) is 5.04. The zero-order chi connectivity index (χ0) is 27.0. The van der Waals surface area contributed by atoms with Gasteiger partial charge in [-0.05, 0) is 36.8 Å². The molecule has 0 bridgehead atoms. The SMILES string of the molecule is CCCC1CN(C(=O)c2cc3cc(C#N)ccc3[nH]2)CCN1c1nc(N)c2cc(OC)c(OC)c(F)c2n1. The van der Waals surface area contributed by atoms with Crippen LogP contribution in [0.3, 0.4) is 0 Å². The average Bonchev–Trinajstić information content (AvgIpc) is 3.36. The number of benzene rings is 2. The minimum atomic E-state index is -0.670. The summed E-state index contributed by atoms with van der Waals surface area (Å²) < 4.78 is 25.8. The largest absolute Gasteiger partial charge is 0.493 e. The van der Waals surface area contributed by atoms with E-state index in [1.807, 2.05) is 4.90 Å². The third-order valence-electron chi connectivity index (χ3n) is 6.92. The van der Waals surface area contributed by atoms with Gasteiger partial charge in [0.15, 0.2) is 17.3 Å². The van der Waals surface area contributed by atoms with Gasteiger partial charge in [0.2, 0.25) is 5.95 Å². The Morgan fingerprint density at radius 1 is 1.24 bits per heavy atom. The third kappa shape index (κ3) is 4.28. The van der Waals surface area contributed by atoms with E-state index < -0.39 is 5.82 Å². The van der Waals surface area contributed by atoms with Crippen molar-refractivity contribution in [3.8, 4) is 17.6 Å². The predicted molar refractivity (Wildman–Crippen MR) is 142 cm³/mol. The number of nitrogen functional groups attached to an aromatic ring is 1. The number of nitriles is 1. The lowest BCUT2D eigenvalue weighted by Crippen LogP contribution is -2.55. The number of nitrogens with zero attached hydrogens (tertiary/aromatic N) is 5. The number of H-pyrrole nitrogens is 1. The maximum atomic E-state index is 15.3. The molecule has 11 heteroatoms. The molecule has 1 amide bonds. The maximum absolute atomic E-state index is 15.3. The summed E-state index contributed by atoms with van der Waals surface area (Å²) in [4.78, 5) is 29.4. The van der Waals surface area contributed by atoms with Crippen LogP contribution in [-0.2, 0) is 0 Å². The molecule has 0 spiro atoms. The van der Waals surface area contributed by atoms with Crippen molar-refractivity contribution >= 4 is 39.5 Å². The normalized spacial score (nSPS) is 15.6. The number of anilines is 2. The van der Waals surface area contributed by atoms with E-state index >= 15 is 4.39 Å². The Balaban J connectivity index is 1.44. The lowest BCUT2D eigenvalue weighted by Gasteiger charge is -2.41. The van der Waals surface area contributed by atoms with Gasteiger partial charge in [-0.25, -0.2) is 9.37 Å². The summed E-state index contributed by atoms with van der Waals surface area (Å²) in [7, 11) is 2.78. The van der Waals surface area contributed by atoms with Crippen LogP contribution in [0.15, 0.2) is 30.3 Å². The third-order valence-corrected chi connectivity index (χ3v) is 6.92. The van der Waals surface area contributed by atoms with E-state index in [0.717, 1.165) is 23.7 Å². The molecule has 0 aliphatic carbocycles. The Kier molecular flexibility index (Phi) is 6.63. The highest BCUT2D eigenvalue weighted by atomic mass is 19.1. The zero-order valence-electron chi connectivity index (χ0n) is 21.4. The van der Waals surface area contributed by atoms with Crippen molar-refractivity contribution in [3.05, 3.63) is 47.4 Å². The van der Waals surface area contributed by atoms with Gasteiger partial charge < -0.3 is 30.0 Å². The smallest absolute Gasteiger partial charge is 0.270 e. The van der Waals surface area contributed by atoms with Crippen molar-refractivity contribution < 1.29 is 18.7 Å². The summed E-state index contributed by atoms with van der Waals surface area (Å²) in [5, 5.41) is 10.3. The van der Waals surface area contributed by atoms with Gasteiger partial charge in [0, 0.05) is 42.0 Å². The summed E-state index contributed by atoms with van der Waals surface area (Å²) in [5.41, 5.74) is 8.10. The van der Waals surface area contributed by atoms with Crippen molar-refractivity contribution in [3.63, 3.8) is 0 Å². The number of aromatic nitrogens is 3. The molecule has 1 aliphatic heterocycles. The standard InChI is InChI=1S/C27H28FN7O3/c1-4-5-17-14-34(26(36)20-11-16-10-15(13-29)6-7-19(16)31-20)8-9-35(17)27-32-23-18(25(30)33-27)12-21(37-2)24(38-3)22(23)28/h6-7,10-12,17,31H,4-5,8-9,14H2,1-3H3,(H2,30,32,33). The molecule has 38 heavy (non-hydrogen) atoms. The second kappa shape index (κ2) is 10.0. The Hall–Kier alpha value is -4.59. The number of hydrogen-bond acceptors (Lipinski definition) is 8. The number of rotatable bonds is 6. The molecule has 1 atom stereocenters. The first kappa shape index (κ1) is 25.1. The van der Waals surface area contributed by atoms with E-state index in [2.05, 4.69) is 27.9 Å². The number of nitrogens with two attached hydrogens (primary N) is 1. The first-order valence-electron chi connectivity index (χ1n) is 12.3. The lowest BCUT2D eigenvalue weighted by atomic mass is 10.1. The molecule has 1 unspecified atom stereocenters. The van der Waals surface area contributed by atoms with Crippen LogP contribution in [0, 0.1) is 17.1 Å². The molecule has 10 nitrogen and oxygen atoms in total. The van der Waals surface area contributed by atoms with Crippen LogP contribution >= 0.6 is 0 Å². The van der Waals surface area contributed by atoms with E-state index in [0.29, 0.717) is 42.2 Å². The molecule has 3 N–H and O–H groups in total. The quantitative estimate of drug-likeness (QED) is 0.394. The number of amides is 1. The topological polar surface area (TPSA) is 133 Å². The summed E-state index contributed by atoms with van der Waals surface area (Å²) in [6.07, 6.45) is 1.65. The van der Waals surface area contributed by atoms with E-state index in [1.165, 1.54) is 14.2 Å². The van der Waals surface area contributed by atoms with Crippen molar-refractivity contribution in [1.29, 1.82) is 5.26 Å². The van der Waals surface area contributed by atoms with E-state index in [1.54, 1.807) is 35.2 Å². The molecular formula is C27H28FN7O3. The molecule has 196 valence electrons. The van der Waals surface area contributed by atoms with Crippen LogP contribution in [0.25, 0.3) is 21.8 Å². The fourth-order valence-electron chi connectivity index (χ4n) is 5.04. The molecule has 0 radical (unpaired) electrons. The highest BCUT2D eigenvalue weighted by Gasteiger charge is 2.32. The molecule has 3 heterocycles. The summed E-state index contributed by atoms with van der Waals surface area (Å²) >= 11 is 0. The van der Waals surface area contributed by atoms with Crippen LogP contribution in [0.2, 0.25) is 0 Å². The Morgan fingerprint density at radius 3 is 2.76 bits per heavy atom. The number of halogens is 1. The van der Waals surface area contributed by atoms with Crippen LogP contribution in [0.1, 0.15) is 35.8 Å². The second-order valence-corrected chi connectivity index (χ2v) is 9.21. The number of carbonyl (C=O) groups is 1. The van der Waals surface area contributed by atoms with E-state index in [4.69, 9.17) is 20.5 Å². The first-order chi connectivity index (χ1) is 18.4. The molecule has 1 fully saturated rings. The Morgan fingerprint density at radius 2 is 2.05 bits per heavy atom. The number of aromatic amines is 1. The van der Waals surface area contributed by atoms with Gasteiger partial charge in [0.05, 0.1) is 25.9 Å². The molecule has 0 saturated carbocycles. The van der Waals surface area contributed by atoms with Gasteiger partial charge in [0.25, 0.3) is 5.91 Å². The van der Waals surface area contributed by atoms with Crippen LogP contribution < -0.4 is 20.1 Å². The van der Waals surface area contributed by atoms with Crippen molar-refractivity contribution in [1.82, 2.24) is 19.9 Å². The molecule has 2 aromatic carbocycles. The van der Waals surface area contributed by atoms with Crippen molar-refractivity contribution in [2.24, 2.45) is 0 Å². The average molecular weight is 518 g/mol. The highest BCUT2D eigenvalue weighted by Crippen LogP contribution is 2.38. The Labute approximate surface area is 218 Å². The molecular weight excluding hydrogens is 489 g/mol. The number of nitrogens with one attached hydrogen (secondary N) is 1. The van der Waals surface area contributed by atoms with E-state index in [9.17, 15) is 4.79 Å². The van der Waals surface area contributed by atoms with Gasteiger partial charge in [-0.1, -0.05) is 13.3 Å². The molecule has 1 saturated heterocycles. The van der Waals surface area contributed by atoms with Crippen LogP contribution in [0.4, 0.5) is 16.2 Å². The summed E-state index contributed by atoms with van der Waals surface area (Å²) in [6.45, 7) is 3.39. The van der Waals surface area contributed by atoms with Crippen molar-refractivity contribution in [2.45, 2.75) is 25.8 Å². The number of piperazine rings is 1. The number of methoxy groups -OCH3 is 2. The minimum Gasteiger partial charge on any atom is -0.493 e. The van der Waals surface area contributed by atoms with Crippen LogP contribution in [0.5, 0.6) is 11.5 Å². The van der Waals surface area contributed by atoms with Gasteiger partial charge in [-0.15, -0.1) is 0 Å². The predicted octanol–water partition coefficient (Wildman–Crippen LogP) is 3.85. The van der Waals surface area contributed by atoms with Gasteiger partial charge >= 0.3 is 0 Å². The Bertz CT molecular complexity index is 1580. The number of hydrogen-bond donors (Lipinski definition) is 2. The molecule has 1 aliphatic rings. The number of fused-ring (bicyclic) bond motifs is 2. The fraction of sp³-hybridized carbons (Fsp3) is 0.333. The first-order valence-corrected chi connectivity index (χ1v) is 12.3. The molecule has 4 aromatic rings.